The van der Waals surface area contributed by atoms with Crippen molar-refractivity contribution in [1.82, 2.24) is 15.1 Å². The number of aromatic nitrogens is 2. The van der Waals surface area contributed by atoms with Crippen LogP contribution in [0.1, 0.15) is 23.3 Å². The van der Waals surface area contributed by atoms with E-state index in [1.807, 2.05) is 35.2 Å². The maximum absolute atomic E-state index is 12.5. The first-order valence-corrected chi connectivity index (χ1v) is 8.51. The lowest BCUT2D eigenvalue weighted by Gasteiger charge is -2.58. The fraction of sp³-hybridized carbons (Fsp3) is 0.412. The van der Waals surface area contributed by atoms with E-state index in [9.17, 15) is 4.79 Å². The van der Waals surface area contributed by atoms with E-state index in [2.05, 4.69) is 26.1 Å². The summed E-state index contributed by atoms with van der Waals surface area (Å²) in [6.07, 6.45) is 2.52. The highest BCUT2D eigenvalue weighted by molar-refractivity contribution is 9.10. The molecule has 120 valence electrons. The van der Waals surface area contributed by atoms with Crippen LogP contribution in [-0.2, 0) is 4.74 Å². The summed E-state index contributed by atoms with van der Waals surface area (Å²) in [4.78, 5) is 14.4. The molecule has 1 aliphatic carbocycles. The number of H-pyrrole nitrogens is 1. The molecule has 23 heavy (non-hydrogen) atoms. The number of hydrogen-bond acceptors (Lipinski definition) is 3. The van der Waals surface area contributed by atoms with E-state index in [0.717, 1.165) is 41.7 Å². The van der Waals surface area contributed by atoms with Gasteiger partial charge in [-0.05, 0) is 31.0 Å². The van der Waals surface area contributed by atoms with E-state index in [-0.39, 0.29) is 5.91 Å². The zero-order valence-corrected chi connectivity index (χ0v) is 14.5. The molecule has 0 radical (unpaired) electrons. The van der Waals surface area contributed by atoms with Crippen LogP contribution in [0.25, 0.3) is 11.3 Å². The predicted octanol–water partition coefficient (Wildman–Crippen LogP) is 3.09. The third-order valence-corrected chi connectivity index (χ3v) is 5.47. The average Bonchev–Trinajstić information content (AvgIpc) is 2.95. The van der Waals surface area contributed by atoms with Crippen LogP contribution < -0.4 is 0 Å². The zero-order chi connectivity index (χ0) is 16.0. The number of amides is 1. The first-order chi connectivity index (χ1) is 11.1. The first kappa shape index (κ1) is 14.9. The largest absolute Gasteiger partial charge is 0.381 e. The number of carbonyl (C=O) groups is 1. The number of aromatic amines is 1. The van der Waals surface area contributed by atoms with Gasteiger partial charge in [0.25, 0.3) is 5.91 Å². The molecule has 2 aromatic rings. The van der Waals surface area contributed by atoms with Crippen molar-refractivity contribution in [2.45, 2.75) is 18.9 Å². The van der Waals surface area contributed by atoms with Crippen LogP contribution >= 0.6 is 15.9 Å². The number of benzene rings is 1. The van der Waals surface area contributed by atoms with E-state index in [4.69, 9.17) is 4.74 Å². The van der Waals surface area contributed by atoms with E-state index < -0.39 is 0 Å². The van der Waals surface area contributed by atoms with Gasteiger partial charge in [0.05, 0.1) is 11.8 Å². The zero-order valence-electron chi connectivity index (χ0n) is 12.9. The third kappa shape index (κ3) is 2.60. The topological polar surface area (TPSA) is 58.2 Å². The Labute approximate surface area is 143 Å². The number of carbonyl (C=O) groups excluding carboxylic acids is 1. The van der Waals surface area contributed by atoms with Crippen molar-refractivity contribution in [2.24, 2.45) is 5.41 Å². The second-order valence-corrected chi connectivity index (χ2v) is 7.52. The minimum Gasteiger partial charge on any atom is -0.381 e. The molecule has 2 heterocycles. The molecule has 1 spiro atoms. The smallest absolute Gasteiger partial charge is 0.271 e. The van der Waals surface area contributed by atoms with Crippen LogP contribution in [0.15, 0.2) is 34.8 Å². The molecule has 1 aromatic heterocycles. The normalized spacial score (nSPS) is 19.5. The monoisotopic (exact) mass is 375 g/mol. The van der Waals surface area contributed by atoms with Gasteiger partial charge in [0.15, 0.2) is 0 Å². The van der Waals surface area contributed by atoms with E-state index in [0.29, 0.717) is 17.2 Å². The van der Waals surface area contributed by atoms with Gasteiger partial charge in [-0.1, -0.05) is 28.1 Å². The second kappa shape index (κ2) is 5.46. The van der Waals surface area contributed by atoms with Gasteiger partial charge in [-0.2, -0.15) is 5.10 Å². The molecular formula is C17H18BrN3O2. The van der Waals surface area contributed by atoms with Gasteiger partial charge in [-0.3, -0.25) is 9.89 Å². The van der Waals surface area contributed by atoms with E-state index in [1.54, 1.807) is 7.11 Å². The van der Waals surface area contributed by atoms with Crippen molar-refractivity contribution in [3.8, 4) is 11.3 Å². The van der Waals surface area contributed by atoms with Crippen LogP contribution in [0.4, 0.5) is 0 Å². The SMILES string of the molecule is COC1CC2(C1)CN(C(=O)c1cc(-c3ccc(Br)cc3)n[nH]1)C2. The number of ether oxygens (including phenoxy) is 1. The van der Waals surface area contributed by atoms with Gasteiger partial charge in [0.2, 0.25) is 0 Å². The number of halogens is 1. The van der Waals surface area contributed by atoms with E-state index in [1.165, 1.54) is 0 Å². The van der Waals surface area contributed by atoms with Crippen molar-refractivity contribution in [2.75, 3.05) is 20.2 Å². The van der Waals surface area contributed by atoms with Crippen LogP contribution in [0.3, 0.4) is 0 Å². The standard InChI is InChI=1S/C17H18BrN3O2/c1-23-13-7-17(8-13)9-21(10-17)16(22)15-6-14(19-20-15)11-2-4-12(18)5-3-11/h2-6,13H,7-10H2,1H3,(H,19,20). The highest BCUT2D eigenvalue weighted by Crippen LogP contribution is 2.49. The molecule has 0 bridgehead atoms. The van der Waals surface area contributed by atoms with Crippen LogP contribution in [-0.4, -0.2) is 47.3 Å². The molecule has 1 saturated heterocycles. The van der Waals surface area contributed by atoms with Gasteiger partial charge in [-0.15, -0.1) is 0 Å². The Hall–Kier alpha value is -1.66. The molecule has 1 aromatic carbocycles. The van der Waals surface area contributed by atoms with E-state index >= 15 is 0 Å². The lowest BCUT2D eigenvalue weighted by atomic mass is 9.61. The Morgan fingerprint density at radius 3 is 2.70 bits per heavy atom. The van der Waals surface area contributed by atoms with Gasteiger partial charge >= 0.3 is 0 Å². The maximum Gasteiger partial charge on any atom is 0.271 e. The number of likely N-dealkylation sites (tertiary alicyclic amines) is 1. The number of nitrogens with zero attached hydrogens (tertiary/aromatic N) is 2. The molecular weight excluding hydrogens is 358 g/mol. The quantitative estimate of drug-likeness (QED) is 0.896. The van der Waals surface area contributed by atoms with Gasteiger partial charge in [0.1, 0.15) is 5.69 Å². The van der Waals surface area contributed by atoms with Gasteiger partial charge in [0, 0.05) is 35.7 Å². The first-order valence-electron chi connectivity index (χ1n) is 7.72. The summed E-state index contributed by atoms with van der Waals surface area (Å²) in [5, 5.41) is 7.14. The Morgan fingerprint density at radius 2 is 2.04 bits per heavy atom. The molecule has 2 fully saturated rings. The summed E-state index contributed by atoms with van der Waals surface area (Å²) < 4.78 is 6.36. The molecule has 1 saturated carbocycles. The second-order valence-electron chi connectivity index (χ2n) is 6.60. The van der Waals surface area contributed by atoms with Gasteiger partial charge in [-0.25, -0.2) is 0 Å². The fourth-order valence-electron chi connectivity index (χ4n) is 3.61. The highest BCUT2D eigenvalue weighted by atomic mass is 79.9. The molecule has 2 aliphatic rings. The van der Waals surface area contributed by atoms with Crippen molar-refractivity contribution in [3.05, 3.63) is 40.5 Å². The molecule has 1 amide bonds. The molecule has 1 aliphatic heterocycles. The summed E-state index contributed by atoms with van der Waals surface area (Å²) in [6.45, 7) is 1.66. The Balaban J connectivity index is 1.42. The minimum atomic E-state index is 0.0346. The molecule has 0 unspecified atom stereocenters. The molecule has 6 heteroatoms. The molecule has 0 atom stereocenters. The molecule has 1 N–H and O–H groups in total. The highest BCUT2D eigenvalue weighted by Gasteiger charge is 2.54. The predicted molar refractivity (Wildman–Crippen MR) is 90.1 cm³/mol. The number of nitrogens with one attached hydrogen (secondary N) is 1. The summed E-state index contributed by atoms with van der Waals surface area (Å²) in [7, 11) is 1.76. The Bertz CT molecular complexity index is 727. The maximum atomic E-state index is 12.5. The van der Waals surface area contributed by atoms with Crippen LogP contribution in [0, 0.1) is 5.41 Å². The van der Waals surface area contributed by atoms with Crippen LogP contribution in [0.2, 0.25) is 0 Å². The minimum absolute atomic E-state index is 0.0346. The lowest BCUT2D eigenvalue weighted by molar-refractivity contribution is -0.126. The van der Waals surface area contributed by atoms with Crippen molar-refractivity contribution < 1.29 is 9.53 Å². The lowest BCUT2D eigenvalue weighted by Crippen LogP contribution is -2.65. The summed E-state index contributed by atoms with van der Waals surface area (Å²) in [5.41, 5.74) is 2.65. The number of rotatable bonds is 3. The summed E-state index contributed by atoms with van der Waals surface area (Å²) >= 11 is 3.42. The third-order valence-electron chi connectivity index (χ3n) is 4.94. The van der Waals surface area contributed by atoms with Crippen molar-refractivity contribution in [3.63, 3.8) is 0 Å². The fourth-order valence-corrected chi connectivity index (χ4v) is 3.87. The average molecular weight is 376 g/mol. The van der Waals surface area contributed by atoms with Crippen molar-refractivity contribution in [1.29, 1.82) is 0 Å². The van der Waals surface area contributed by atoms with Crippen molar-refractivity contribution >= 4 is 21.8 Å². The Kier molecular flexibility index (Phi) is 3.54. The van der Waals surface area contributed by atoms with Gasteiger partial charge < -0.3 is 9.64 Å². The van der Waals surface area contributed by atoms with Crippen LogP contribution in [0.5, 0.6) is 0 Å². The molecule has 4 rings (SSSR count). The number of methoxy groups -OCH3 is 1. The Morgan fingerprint density at radius 1 is 1.35 bits per heavy atom. The number of hydrogen-bond donors (Lipinski definition) is 1. The summed E-state index contributed by atoms with van der Waals surface area (Å²) in [5.74, 6) is 0.0346. The summed E-state index contributed by atoms with van der Waals surface area (Å²) in [6, 6.07) is 9.72. The molecule has 5 nitrogen and oxygen atoms in total.